The van der Waals surface area contributed by atoms with Crippen LogP contribution in [0, 0.1) is 0 Å². The van der Waals surface area contributed by atoms with E-state index in [9.17, 15) is 9.36 Å². The lowest BCUT2D eigenvalue weighted by Crippen LogP contribution is -2.08. The van der Waals surface area contributed by atoms with Crippen LogP contribution in [0.4, 0.5) is 0 Å². The van der Waals surface area contributed by atoms with E-state index >= 15 is 0 Å². The third-order valence-corrected chi connectivity index (χ3v) is 7.50. The van der Waals surface area contributed by atoms with Crippen molar-refractivity contribution in [2.24, 2.45) is 0 Å². The third-order valence-electron chi connectivity index (χ3n) is 5.36. The zero-order valence-corrected chi connectivity index (χ0v) is 19.6. The van der Waals surface area contributed by atoms with Crippen molar-refractivity contribution in [1.29, 1.82) is 0 Å². The molecule has 0 bridgehead atoms. The standard InChI is InChI=1S/C27H31O4P/c1-22(24-14-6-3-7-15-24)30-32(29,31-23(2)25-16-8-4-9-17-25)21-13-12-20-27(28)26-18-10-5-11-19-26/h3-11,14-19,22-23H,12-13,20-21H2,1-2H3/t22-,23+,32?. The summed E-state index contributed by atoms with van der Waals surface area (Å²) in [4.78, 5) is 12.4. The summed E-state index contributed by atoms with van der Waals surface area (Å²) in [5.74, 6) is 0.0950. The SMILES string of the molecule is C[C@H](OP(=O)(CCCCC(=O)c1ccccc1)O[C@H](C)c1ccccc1)c1ccccc1. The Morgan fingerprint density at radius 1 is 0.719 bits per heavy atom. The van der Waals surface area contributed by atoms with Crippen molar-refractivity contribution in [3.8, 4) is 0 Å². The Bertz CT molecular complexity index is 954. The maximum Gasteiger partial charge on any atom is 0.331 e. The largest absolute Gasteiger partial charge is 0.331 e. The average molecular weight is 451 g/mol. The minimum atomic E-state index is -3.41. The maximum absolute atomic E-state index is 13.8. The van der Waals surface area contributed by atoms with Crippen LogP contribution in [0.15, 0.2) is 91.0 Å². The lowest BCUT2D eigenvalue weighted by Gasteiger charge is -2.26. The van der Waals surface area contributed by atoms with Gasteiger partial charge in [0.1, 0.15) is 0 Å². The number of Topliss-reactive ketones (excluding diaryl/α,β-unsaturated/α-hetero) is 1. The molecule has 3 rings (SSSR count). The molecule has 3 aromatic rings. The summed E-state index contributed by atoms with van der Waals surface area (Å²) in [7, 11) is -3.41. The Balaban J connectivity index is 1.64. The summed E-state index contributed by atoms with van der Waals surface area (Å²) in [5.41, 5.74) is 2.60. The van der Waals surface area contributed by atoms with Gasteiger partial charge in [-0.15, -0.1) is 0 Å². The highest BCUT2D eigenvalue weighted by molar-refractivity contribution is 7.53. The summed E-state index contributed by atoms with van der Waals surface area (Å²) in [6.45, 7) is 3.77. The van der Waals surface area contributed by atoms with E-state index in [4.69, 9.17) is 9.05 Å². The Morgan fingerprint density at radius 3 is 1.62 bits per heavy atom. The van der Waals surface area contributed by atoms with E-state index in [1.54, 1.807) is 0 Å². The summed E-state index contributed by atoms with van der Waals surface area (Å²) in [6.07, 6.45) is 1.16. The van der Waals surface area contributed by atoms with Gasteiger partial charge in [-0.25, -0.2) is 0 Å². The first-order valence-corrected chi connectivity index (χ1v) is 12.8. The van der Waals surface area contributed by atoms with Gasteiger partial charge in [0, 0.05) is 12.0 Å². The predicted molar refractivity (Wildman–Crippen MR) is 129 cm³/mol. The topological polar surface area (TPSA) is 52.6 Å². The summed E-state index contributed by atoms with van der Waals surface area (Å²) < 4.78 is 25.9. The number of hydrogen-bond donors (Lipinski definition) is 0. The quantitative estimate of drug-likeness (QED) is 0.161. The van der Waals surface area contributed by atoms with Crippen molar-refractivity contribution in [3.63, 3.8) is 0 Å². The molecule has 1 unspecified atom stereocenters. The van der Waals surface area contributed by atoms with Gasteiger partial charge in [-0.05, 0) is 37.8 Å². The molecule has 3 aromatic carbocycles. The molecule has 0 saturated heterocycles. The first-order valence-electron chi connectivity index (χ1n) is 11.1. The van der Waals surface area contributed by atoms with Gasteiger partial charge in [-0.3, -0.25) is 9.36 Å². The van der Waals surface area contributed by atoms with E-state index in [1.165, 1.54) is 0 Å². The van der Waals surface area contributed by atoms with Gasteiger partial charge in [0.05, 0.1) is 18.4 Å². The molecule has 5 heteroatoms. The van der Waals surface area contributed by atoms with Gasteiger partial charge >= 0.3 is 7.60 Å². The van der Waals surface area contributed by atoms with E-state index < -0.39 is 7.60 Å². The zero-order valence-electron chi connectivity index (χ0n) is 18.7. The third kappa shape index (κ3) is 7.27. The molecule has 0 radical (unpaired) electrons. The Labute approximate surface area is 191 Å². The molecule has 0 N–H and O–H groups in total. The number of ketones is 1. The highest BCUT2D eigenvalue weighted by Gasteiger charge is 2.30. The van der Waals surface area contributed by atoms with Crippen LogP contribution in [-0.2, 0) is 13.6 Å². The Kier molecular flexibility index (Phi) is 8.99. The fourth-order valence-electron chi connectivity index (χ4n) is 3.54. The number of carbonyl (C=O) groups excluding carboxylic acids is 1. The van der Waals surface area contributed by atoms with Crippen LogP contribution in [0.1, 0.15) is 66.8 Å². The maximum atomic E-state index is 13.8. The predicted octanol–water partition coefficient (Wildman–Crippen LogP) is 7.79. The molecule has 3 atom stereocenters. The minimum Gasteiger partial charge on any atom is -0.301 e. The van der Waals surface area contributed by atoms with Crippen molar-refractivity contribution in [2.45, 2.75) is 45.3 Å². The molecule has 0 aromatic heterocycles. The highest BCUT2D eigenvalue weighted by atomic mass is 31.2. The van der Waals surface area contributed by atoms with Crippen LogP contribution < -0.4 is 0 Å². The smallest absolute Gasteiger partial charge is 0.301 e. The van der Waals surface area contributed by atoms with Gasteiger partial charge < -0.3 is 9.05 Å². The number of unbranched alkanes of at least 4 members (excludes halogenated alkanes) is 1. The molecule has 0 aliphatic rings. The van der Waals surface area contributed by atoms with Gasteiger partial charge in [0.25, 0.3) is 0 Å². The molecule has 0 aliphatic carbocycles. The highest BCUT2D eigenvalue weighted by Crippen LogP contribution is 2.55. The van der Waals surface area contributed by atoms with Crippen molar-refractivity contribution >= 4 is 13.4 Å². The number of rotatable bonds is 12. The second-order valence-corrected chi connectivity index (χ2v) is 9.99. The van der Waals surface area contributed by atoms with E-state index in [2.05, 4.69) is 0 Å². The van der Waals surface area contributed by atoms with E-state index in [0.717, 1.165) is 11.1 Å². The number of hydrogen-bond acceptors (Lipinski definition) is 4. The van der Waals surface area contributed by atoms with Crippen molar-refractivity contribution in [1.82, 2.24) is 0 Å². The van der Waals surface area contributed by atoms with E-state index in [0.29, 0.717) is 24.8 Å². The van der Waals surface area contributed by atoms with E-state index in [1.807, 2.05) is 105 Å². The molecule has 0 amide bonds. The van der Waals surface area contributed by atoms with E-state index in [-0.39, 0.29) is 24.2 Å². The molecular weight excluding hydrogens is 419 g/mol. The molecule has 168 valence electrons. The van der Waals surface area contributed by atoms with Crippen LogP contribution in [-0.4, -0.2) is 11.9 Å². The van der Waals surface area contributed by atoms with Crippen molar-refractivity contribution < 1.29 is 18.4 Å². The van der Waals surface area contributed by atoms with Crippen LogP contribution in [0.25, 0.3) is 0 Å². The minimum absolute atomic E-state index is 0.0950. The van der Waals surface area contributed by atoms with Crippen LogP contribution in [0.5, 0.6) is 0 Å². The summed E-state index contributed by atoms with van der Waals surface area (Å²) >= 11 is 0. The zero-order chi connectivity index (χ0) is 22.8. The lowest BCUT2D eigenvalue weighted by atomic mass is 10.1. The van der Waals surface area contributed by atoms with Gasteiger partial charge in [0.15, 0.2) is 5.78 Å². The summed E-state index contributed by atoms with van der Waals surface area (Å²) in [6, 6.07) is 28.7. The number of benzene rings is 3. The second kappa shape index (κ2) is 11.9. The fraction of sp³-hybridized carbons (Fsp3) is 0.296. The van der Waals surface area contributed by atoms with Crippen molar-refractivity contribution in [3.05, 3.63) is 108 Å². The lowest BCUT2D eigenvalue weighted by molar-refractivity contribution is 0.0977. The van der Waals surface area contributed by atoms with Crippen molar-refractivity contribution in [2.75, 3.05) is 6.16 Å². The molecule has 0 fully saturated rings. The fourth-order valence-corrected chi connectivity index (χ4v) is 5.62. The normalized spacial score (nSPS) is 14.9. The van der Waals surface area contributed by atoms with Gasteiger partial charge in [0.2, 0.25) is 0 Å². The molecule has 4 nitrogen and oxygen atoms in total. The van der Waals surface area contributed by atoms with Gasteiger partial charge in [-0.2, -0.15) is 0 Å². The Morgan fingerprint density at radius 2 is 1.16 bits per heavy atom. The van der Waals surface area contributed by atoms with Crippen LogP contribution in [0.2, 0.25) is 0 Å². The molecule has 0 heterocycles. The van der Waals surface area contributed by atoms with Crippen LogP contribution in [0.3, 0.4) is 0 Å². The summed E-state index contributed by atoms with van der Waals surface area (Å²) in [5, 5.41) is 0. The molecule has 0 saturated carbocycles. The van der Waals surface area contributed by atoms with Gasteiger partial charge in [-0.1, -0.05) is 91.0 Å². The molecule has 0 aliphatic heterocycles. The average Bonchev–Trinajstić information content (AvgIpc) is 2.83. The van der Waals surface area contributed by atoms with Crippen LogP contribution >= 0.6 is 7.60 Å². The first kappa shape index (κ1) is 24.1. The number of carbonyl (C=O) groups is 1. The first-order chi connectivity index (χ1) is 15.5. The molecule has 32 heavy (non-hydrogen) atoms. The Hall–Kier alpha value is -2.52. The monoisotopic (exact) mass is 450 g/mol. The molecular formula is C27H31O4P. The molecule has 0 spiro atoms. The second-order valence-electron chi connectivity index (χ2n) is 7.90.